The van der Waals surface area contributed by atoms with Crippen LogP contribution in [0.25, 0.3) is 0 Å². The largest absolute Gasteiger partial charge is 0.484 e. The van der Waals surface area contributed by atoms with Gasteiger partial charge >= 0.3 is 5.97 Å². The van der Waals surface area contributed by atoms with E-state index in [1.54, 1.807) is 48.5 Å². The van der Waals surface area contributed by atoms with Gasteiger partial charge in [0.25, 0.3) is 5.91 Å². The Balaban J connectivity index is 1.44. The molecule has 0 aliphatic rings. The lowest BCUT2D eigenvalue weighted by atomic mass is 10.1. The number of esters is 1. The molecular weight excluding hydrogens is 428 g/mol. The van der Waals surface area contributed by atoms with Gasteiger partial charge in [0.1, 0.15) is 11.5 Å². The summed E-state index contributed by atoms with van der Waals surface area (Å²) in [5, 5.41) is 4.37. The van der Waals surface area contributed by atoms with Crippen molar-refractivity contribution in [2.24, 2.45) is 5.10 Å². The van der Waals surface area contributed by atoms with Crippen molar-refractivity contribution in [1.29, 1.82) is 0 Å². The molecule has 0 heterocycles. The molecule has 0 saturated heterocycles. The highest BCUT2D eigenvalue weighted by atomic mass is 35.5. The monoisotopic (exact) mass is 450 g/mol. The van der Waals surface area contributed by atoms with Crippen molar-refractivity contribution < 1.29 is 19.1 Å². The van der Waals surface area contributed by atoms with Gasteiger partial charge in [-0.15, -0.1) is 0 Å². The summed E-state index contributed by atoms with van der Waals surface area (Å²) in [6, 6.07) is 20.9. The summed E-state index contributed by atoms with van der Waals surface area (Å²) in [5.41, 5.74) is 4.74. The van der Waals surface area contributed by atoms with Gasteiger partial charge in [-0.2, -0.15) is 5.10 Å². The second kappa shape index (κ2) is 11.7. The standard InChI is InChI=1S/C25H23ClN2O4/c1-2-4-18-7-11-22(12-8-18)31-17-24(29)28-27-16-19-9-13-23(14-10-19)32-25(30)20-5-3-6-21(26)15-20/h3,5-16H,2,4,17H2,1H3,(H,28,29). The molecular formula is C25H23ClN2O4. The van der Waals surface area contributed by atoms with Crippen LogP contribution in [0.4, 0.5) is 0 Å². The van der Waals surface area contributed by atoms with Crippen LogP contribution < -0.4 is 14.9 Å². The lowest BCUT2D eigenvalue weighted by Crippen LogP contribution is -2.24. The summed E-state index contributed by atoms with van der Waals surface area (Å²) >= 11 is 5.89. The highest BCUT2D eigenvalue weighted by Crippen LogP contribution is 2.16. The fourth-order valence-electron chi connectivity index (χ4n) is 2.80. The number of hydrogen-bond donors (Lipinski definition) is 1. The summed E-state index contributed by atoms with van der Waals surface area (Å²) in [6.45, 7) is 1.99. The van der Waals surface area contributed by atoms with Crippen molar-refractivity contribution in [1.82, 2.24) is 5.43 Å². The Kier molecular flexibility index (Phi) is 8.40. The van der Waals surface area contributed by atoms with Crippen molar-refractivity contribution in [3.63, 3.8) is 0 Å². The molecule has 0 spiro atoms. The van der Waals surface area contributed by atoms with Crippen LogP contribution in [0.1, 0.15) is 34.8 Å². The van der Waals surface area contributed by atoms with Crippen molar-refractivity contribution in [3.8, 4) is 11.5 Å². The van der Waals surface area contributed by atoms with E-state index < -0.39 is 5.97 Å². The number of benzene rings is 3. The maximum absolute atomic E-state index is 12.1. The molecule has 0 aliphatic heterocycles. The highest BCUT2D eigenvalue weighted by Gasteiger charge is 2.09. The van der Waals surface area contributed by atoms with E-state index in [4.69, 9.17) is 21.1 Å². The van der Waals surface area contributed by atoms with E-state index in [0.717, 1.165) is 18.4 Å². The fourth-order valence-corrected chi connectivity index (χ4v) is 2.99. The molecule has 32 heavy (non-hydrogen) atoms. The third-order valence-electron chi connectivity index (χ3n) is 4.39. The van der Waals surface area contributed by atoms with E-state index >= 15 is 0 Å². The number of rotatable bonds is 9. The van der Waals surface area contributed by atoms with Gasteiger partial charge in [-0.25, -0.2) is 10.2 Å². The molecule has 3 rings (SSSR count). The Morgan fingerprint density at radius 3 is 2.41 bits per heavy atom. The van der Waals surface area contributed by atoms with E-state index in [-0.39, 0.29) is 12.5 Å². The lowest BCUT2D eigenvalue weighted by Gasteiger charge is -2.06. The number of hydrogen-bond acceptors (Lipinski definition) is 5. The molecule has 0 aromatic heterocycles. The first-order chi connectivity index (χ1) is 15.5. The summed E-state index contributed by atoms with van der Waals surface area (Å²) in [4.78, 5) is 24.0. The van der Waals surface area contributed by atoms with Crippen molar-refractivity contribution in [2.75, 3.05) is 6.61 Å². The van der Waals surface area contributed by atoms with Crippen LogP contribution in [-0.4, -0.2) is 24.7 Å². The van der Waals surface area contributed by atoms with Gasteiger partial charge in [0, 0.05) is 5.02 Å². The molecule has 0 saturated carbocycles. The second-order valence-electron chi connectivity index (χ2n) is 6.94. The molecule has 3 aromatic rings. The van der Waals surface area contributed by atoms with Gasteiger partial charge in [-0.3, -0.25) is 4.79 Å². The Bertz CT molecular complexity index is 1080. The fraction of sp³-hybridized carbons (Fsp3) is 0.160. The molecule has 164 valence electrons. The third-order valence-corrected chi connectivity index (χ3v) is 4.62. The zero-order valence-corrected chi connectivity index (χ0v) is 18.3. The number of carbonyl (C=O) groups excluding carboxylic acids is 2. The summed E-state index contributed by atoms with van der Waals surface area (Å²) in [6.07, 6.45) is 3.58. The van der Waals surface area contributed by atoms with Crippen LogP contribution in [0, 0.1) is 0 Å². The number of aryl methyl sites for hydroxylation is 1. The van der Waals surface area contributed by atoms with Crippen molar-refractivity contribution in [3.05, 3.63) is 94.5 Å². The minimum atomic E-state index is -0.499. The van der Waals surface area contributed by atoms with Crippen LogP contribution in [-0.2, 0) is 11.2 Å². The van der Waals surface area contributed by atoms with Crippen LogP contribution >= 0.6 is 11.6 Å². The zero-order chi connectivity index (χ0) is 22.8. The molecule has 0 radical (unpaired) electrons. The van der Waals surface area contributed by atoms with Gasteiger partial charge in [0.15, 0.2) is 6.61 Å². The van der Waals surface area contributed by atoms with Crippen LogP contribution in [0.2, 0.25) is 5.02 Å². The van der Waals surface area contributed by atoms with E-state index in [1.165, 1.54) is 11.8 Å². The van der Waals surface area contributed by atoms with Gasteiger partial charge < -0.3 is 9.47 Å². The third kappa shape index (κ3) is 7.25. The molecule has 0 aliphatic carbocycles. The maximum Gasteiger partial charge on any atom is 0.343 e. The van der Waals surface area contributed by atoms with Crippen molar-refractivity contribution >= 4 is 29.7 Å². The highest BCUT2D eigenvalue weighted by molar-refractivity contribution is 6.30. The Morgan fingerprint density at radius 2 is 1.72 bits per heavy atom. The number of halogens is 1. The predicted molar refractivity (Wildman–Crippen MR) is 125 cm³/mol. The molecule has 0 fully saturated rings. The zero-order valence-electron chi connectivity index (χ0n) is 17.6. The minimum absolute atomic E-state index is 0.136. The Labute approximate surface area is 191 Å². The minimum Gasteiger partial charge on any atom is -0.484 e. The number of amides is 1. The number of nitrogens with one attached hydrogen (secondary N) is 1. The molecule has 1 N–H and O–H groups in total. The van der Waals surface area contributed by atoms with E-state index in [2.05, 4.69) is 17.5 Å². The quantitative estimate of drug-likeness (QED) is 0.214. The normalized spacial score (nSPS) is 10.7. The number of ether oxygens (including phenoxy) is 2. The Morgan fingerprint density at radius 1 is 1.00 bits per heavy atom. The van der Waals surface area contributed by atoms with Gasteiger partial charge in [-0.1, -0.05) is 43.1 Å². The number of nitrogens with zero attached hydrogens (tertiary/aromatic N) is 1. The molecule has 7 heteroatoms. The van der Waals surface area contributed by atoms with Gasteiger partial charge in [-0.05, 0) is 72.1 Å². The van der Waals surface area contributed by atoms with Crippen LogP contribution in [0.15, 0.2) is 77.9 Å². The maximum atomic E-state index is 12.1. The van der Waals surface area contributed by atoms with Crippen LogP contribution in [0.5, 0.6) is 11.5 Å². The molecule has 0 bridgehead atoms. The first-order valence-electron chi connectivity index (χ1n) is 10.1. The Hall–Kier alpha value is -3.64. The summed E-state index contributed by atoms with van der Waals surface area (Å²) in [5.74, 6) is 0.147. The second-order valence-corrected chi connectivity index (χ2v) is 7.38. The molecule has 3 aromatic carbocycles. The molecule has 1 amide bonds. The van der Waals surface area contributed by atoms with E-state index in [0.29, 0.717) is 22.1 Å². The van der Waals surface area contributed by atoms with Gasteiger partial charge in [0.05, 0.1) is 11.8 Å². The SMILES string of the molecule is CCCc1ccc(OCC(=O)NN=Cc2ccc(OC(=O)c3cccc(Cl)c3)cc2)cc1. The summed E-state index contributed by atoms with van der Waals surface area (Å²) < 4.78 is 10.8. The first-order valence-corrected chi connectivity index (χ1v) is 10.5. The molecule has 6 nitrogen and oxygen atoms in total. The van der Waals surface area contributed by atoms with Crippen LogP contribution in [0.3, 0.4) is 0 Å². The summed E-state index contributed by atoms with van der Waals surface area (Å²) in [7, 11) is 0. The smallest absolute Gasteiger partial charge is 0.343 e. The topological polar surface area (TPSA) is 77.0 Å². The number of carbonyl (C=O) groups is 2. The number of hydrazone groups is 1. The van der Waals surface area contributed by atoms with E-state index in [1.807, 2.05) is 24.3 Å². The van der Waals surface area contributed by atoms with E-state index in [9.17, 15) is 9.59 Å². The van der Waals surface area contributed by atoms with Gasteiger partial charge in [0.2, 0.25) is 0 Å². The molecule has 0 atom stereocenters. The van der Waals surface area contributed by atoms with Crippen molar-refractivity contribution in [2.45, 2.75) is 19.8 Å². The lowest BCUT2D eigenvalue weighted by molar-refractivity contribution is -0.123. The average Bonchev–Trinajstić information content (AvgIpc) is 2.80. The average molecular weight is 451 g/mol. The predicted octanol–water partition coefficient (Wildman–Crippen LogP) is 5.04. The first kappa shape index (κ1) is 23.0. The molecule has 0 unspecified atom stereocenters.